The van der Waals surface area contributed by atoms with E-state index >= 15 is 0 Å². The molecule has 5 rings (SSSR count). The van der Waals surface area contributed by atoms with E-state index in [2.05, 4.69) is 47.4 Å². The van der Waals surface area contributed by atoms with Crippen molar-refractivity contribution in [3.63, 3.8) is 0 Å². The second kappa shape index (κ2) is 6.78. The number of carbonyl (C=O) groups is 1. The summed E-state index contributed by atoms with van der Waals surface area (Å²) in [7, 11) is 0. The summed E-state index contributed by atoms with van der Waals surface area (Å²) in [5, 5.41) is 9.22. The lowest BCUT2D eigenvalue weighted by atomic mass is 9.74. The van der Waals surface area contributed by atoms with Gasteiger partial charge in [-0.05, 0) is 49.8 Å². The Morgan fingerprint density at radius 1 is 1.11 bits per heavy atom. The Balaban J connectivity index is 1.46. The van der Waals surface area contributed by atoms with Gasteiger partial charge in [0.1, 0.15) is 11.5 Å². The van der Waals surface area contributed by atoms with Crippen molar-refractivity contribution in [2.75, 3.05) is 13.1 Å². The molecular formula is C24H25NO3. The molecule has 3 aliphatic rings. The van der Waals surface area contributed by atoms with E-state index in [0.29, 0.717) is 18.0 Å². The van der Waals surface area contributed by atoms with E-state index in [4.69, 9.17) is 4.74 Å². The quantitative estimate of drug-likeness (QED) is 0.837. The zero-order valence-electron chi connectivity index (χ0n) is 15.9. The van der Waals surface area contributed by atoms with Gasteiger partial charge in [0.15, 0.2) is 0 Å². The van der Waals surface area contributed by atoms with Crippen molar-refractivity contribution in [3.8, 4) is 11.5 Å². The van der Waals surface area contributed by atoms with Crippen molar-refractivity contribution < 1.29 is 14.6 Å². The van der Waals surface area contributed by atoms with Gasteiger partial charge >= 0.3 is 5.97 Å². The molecule has 1 spiro atoms. The fourth-order valence-corrected chi connectivity index (χ4v) is 5.35. The number of carboxylic acid groups (broad SMARTS) is 1. The molecule has 1 fully saturated rings. The molecule has 2 heterocycles. The summed E-state index contributed by atoms with van der Waals surface area (Å²) in [6.07, 6.45) is 6.92. The van der Waals surface area contributed by atoms with E-state index in [1.165, 1.54) is 11.1 Å². The van der Waals surface area contributed by atoms with Crippen LogP contribution < -0.4 is 4.74 Å². The zero-order valence-corrected chi connectivity index (χ0v) is 15.9. The van der Waals surface area contributed by atoms with Crippen LogP contribution in [0, 0.1) is 0 Å². The second-order valence-electron chi connectivity index (χ2n) is 8.34. The maximum absolute atomic E-state index is 11.2. The first kappa shape index (κ1) is 17.5. The molecule has 2 aromatic carbocycles. The molecule has 0 saturated heterocycles. The fourth-order valence-electron chi connectivity index (χ4n) is 5.35. The monoisotopic (exact) mass is 375 g/mol. The third-order valence-corrected chi connectivity index (χ3v) is 6.79. The van der Waals surface area contributed by atoms with Crippen LogP contribution in [0.1, 0.15) is 36.8 Å². The molecule has 0 aromatic heterocycles. The van der Waals surface area contributed by atoms with Gasteiger partial charge in [-0.1, -0.05) is 42.5 Å². The molecule has 1 aliphatic carbocycles. The molecule has 4 nitrogen and oxygen atoms in total. The predicted molar refractivity (Wildman–Crippen MR) is 108 cm³/mol. The highest BCUT2D eigenvalue weighted by Gasteiger charge is 2.45. The number of hydrogen-bond acceptors (Lipinski definition) is 3. The number of benzene rings is 2. The smallest absolute Gasteiger partial charge is 0.331 e. The number of aliphatic carboxylic acids is 1. The summed E-state index contributed by atoms with van der Waals surface area (Å²) in [5.74, 6) is 1.19. The minimum Gasteiger partial charge on any atom is -0.478 e. The molecule has 28 heavy (non-hydrogen) atoms. The van der Waals surface area contributed by atoms with E-state index in [1.54, 1.807) is 0 Å². The Labute approximate surface area is 165 Å². The van der Waals surface area contributed by atoms with Crippen LogP contribution in [0.25, 0.3) is 0 Å². The van der Waals surface area contributed by atoms with Gasteiger partial charge in [0.05, 0.1) is 0 Å². The molecule has 2 aliphatic heterocycles. The highest BCUT2D eigenvalue weighted by molar-refractivity contribution is 5.86. The van der Waals surface area contributed by atoms with Crippen molar-refractivity contribution in [2.24, 2.45) is 0 Å². The molecule has 0 amide bonds. The number of para-hydroxylation sites is 2. The molecule has 4 heteroatoms. The van der Waals surface area contributed by atoms with Crippen LogP contribution in [0.5, 0.6) is 11.5 Å². The van der Waals surface area contributed by atoms with Gasteiger partial charge in [-0.25, -0.2) is 4.79 Å². The Bertz CT molecular complexity index is 950. The van der Waals surface area contributed by atoms with E-state index in [9.17, 15) is 9.90 Å². The van der Waals surface area contributed by atoms with E-state index in [1.807, 2.05) is 12.1 Å². The molecule has 2 unspecified atom stereocenters. The highest BCUT2D eigenvalue weighted by atomic mass is 16.5. The number of carboxylic acids is 1. The van der Waals surface area contributed by atoms with Gasteiger partial charge in [0.25, 0.3) is 0 Å². The minimum absolute atomic E-state index is 0.0879. The highest BCUT2D eigenvalue weighted by Crippen LogP contribution is 2.52. The average molecular weight is 375 g/mol. The van der Waals surface area contributed by atoms with Gasteiger partial charge in [0, 0.05) is 35.7 Å². The first-order chi connectivity index (χ1) is 13.6. The van der Waals surface area contributed by atoms with Crippen LogP contribution in [0.3, 0.4) is 0 Å². The largest absolute Gasteiger partial charge is 0.478 e. The van der Waals surface area contributed by atoms with Crippen LogP contribution in [0.2, 0.25) is 0 Å². The van der Waals surface area contributed by atoms with Crippen LogP contribution in [0.15, 0.2) is 60.2 Å². The van der Waals surface area contributed by atoms with Gasteiger partial charge < -0.3 is 9.84 Å². The normalized spacial score (nSPS) is 26.7. The van der Waals surface area contributed by atoms with Gasteiger partial charge in [-0.3, -0.25) is 4.90 Å². The van der Waals surface area contributed by atoms with Crippen LogP contribution >= 0.6 is 0 Å². The lowest BCUT2D eigenvalue weighted by Crippen LogP contribution is -2.39. The molecule has 0 radical (unpaired) electrons. The predicted octanol–water partition coefficient (Wildman–Crippen LogP) is 4.54. The summed E-state index contributed by atoms with van der Waals surface area (Å²) in [6, 6.07) is 17.4. The van der Waals surface area contributed by atoms with Crippen LogP contribution in [-0.4, -0.2) is 35.1 Å². The summed E-state index contributed by atoms with van der Waals surface area (Å²) < 4.78 is 6.32. The molecule has 144 valence electrons. The maximum atomic E-state index is 11.2. The maximum Gasteiger partial charge on any atom is 0.331 e. The standard InChI is InChI=1S/C24H25NO3/c26-23(27)17-10-13-25(14-11-17)19-9-12-24(16-19)15-18-5-1-3-7-21(18)28-22-8-4-2-6-20(22)24/h1-8,10,19H,9,11-16H2,(H,26,27). The van der Waals surface area contributed by atoms with Gasteiger partial charge in [-0.2, -0.15) is 0 Å². The van der Waals surface area contributed by atoms with Crippen molar-refractivity contribution >= 4 is 5.97 Å². The SMILES string of the molecule is O=C(O)C1=CCN(C2CCC3(Cc4ccccc4Oc4ccccc43)C2)CC1. The van der Waals surface area contributed by atoms with Crippen molar-refractivity contribution in [1.29, 1.82) is 0 Å². The lowest BCUT2D eigenvalue weighted by molar-refractivity contribution is -0.133. The van der Waals surface area contributed by atoms with E-state index in [-0.39, 0.29) is 5.41 Å². The average Bonchev–Trinajstić information content (AvgIpc) is 3.08. The third kappa shape index (κ3) is 2.92. The van der Waals surface area contributed by atoms with Gasteiger partial charge in [-0.15, -0.1) is 0 Å². The summed E-state index contributed by atoms with van der Waals surface area (Å²) in [6.45, 7) is 1.59. The number of rotatable bonds is 2. The van der Waals surface area contributed by atoms with Crippen molar-refractivity contribution in [3.05, 3.63) is 71.3 Å². The molecule has 0 bridgehead atoms. The number of ether oxygens (including phenoxy) is 1. The summed E-state index contributed by atoms with van der Waals surface area (Å²) in [4.78, 5) is 13.7. The Morgan fingerprint density at radius 2 is 1.89 bits per heavy atom. The molecule has 2 aromatic rings. The first-order valence-electron chi connectivity index (χ1n) is 10.2. The number of fused-ring (bicyclic) bond motifs is 3. The first-order valence-corrected chi connectivity index (χ1v) is 10.2. The number of hydrogen-bond donors (Lipinski definition) is 1. The van der Waals surface area contributed by atoms with E-state index in [0.717, 1.165) is 50.3 Å². The molecule has 1 saturated carbocycles. The molecule has 1 N–H and O–H groups in total. The zero-order chi connectivity index (χ0) is 19.1. The minimum atomic E-state index is -0.769. The van der Waals surface area contributed by atoms with Crippen LogP contribution in [0.4, 0.5) is 0 Å². The molecular weight excluding hydrogens is 350 g/mol. The van der Waals surface area contributed by atoms with Gasteiger partial charge in [0.2, 0.25) is 0 Å². The molecule has 2 atom stereocenters. The fraction of sp³-hybridized carbons (Fsp3) is 0.375. The third-order valence-electron chi connectivity index (χ3n) is 6.79. The second-order valence-corrected chi connectivity index (χ2v) is 8.34. The Hall–Kier alpha value is -2.59. The summed E-state index contributed by atoms with van der Waals surface area (Å²) in [5.41, 5.74) is 3.26. The Kier molecular flexibility index (Phi) is 4.24. The van der Waals surface area contributed by atoms with E-state index < -0.39 is 5.97 Å². The van der Waals surface area contributed by atoms with Crippen LogP contribution in [-0.2, 0) is 16.6 Å². The topological polar surface area (TPSA) is 49.8 Å². The lowest BCUT2D eigenvalue weighted by Gasteiger charge is -2.34. The Morgan fingerprint density at radius 3 is 2.68 bits per heavy atom. The number of nitrogens with zero attached hydrogens (tertiary/aromatic N) is 1. The summed E-state index contributed by atoms with van der Waals surface area (Å²) >= 11 is 0. The van der Waals surface area contributed by atoms with Crippen molar-refractivity contribution in [2.45, 2.75) is 43.6 Å². The van der Waals surface area contributed by atoms with Crippen molar-refractivity contribution in [1.82, 2.24) is 4.90 Å².